The summed E-state index contributed by atoms with van der Waals surface area (Å²) in [5.74, 6) is 0.425. The van der Waals surface area contributed by atoms with Crippen molar-refractivity contribution in [1.82, 2.24) is 9.97 Å². The highest BCUT2D eigenvalue weighted by atomic mass is 16.5. The number of aryl methyl sites for hydroxylation is 1. The van der Waals surface area contributed by atoms with E-state index in [2.05, 4.69) is 20.0 Å². The van der Waals surface area contributed by atoms with Gasteiger partial charge in [-0.1, -0.05) is 12.1 Å². The minimum absolute atomic E-state index is 0.142. The number of benzene rings is 1. The zero-order valence-corrected chi connectivity index (χ0v) is 10.9. The molecule has 0 fully saturated rings. The normalized spacial score (nSPS) is 10.0. The lowest BCUT2D eigenvalue weighted by molar-refractivity contribution is -0.138. The standard InChI is InChI=1S/C14H15N3O2/c1-10-15-7-6-13(17-10)11-4-3-5-12(8-11)16-9-14(18)19-2/h3-8,16H,9H2,1-2H3. The van der Waals surface area contributed by atoms with Gasteiger partial charge in [-0.2, -0.15) is 0 Å². The number of hydrogen-bond donors (Lipinski definition) is 1. The monoisotopic (exact) mass is 257 g/mol. The molecule has 0 atom stereocenters. The van der Waals surface area contributed by atoms with Gasteiger partial charge >= 0.3 is 5.97 Å². The van der Waals surface area contributed by atoms with Crippen molar-refractivity contribution in [1.29, 1.82) is 0 Å². The van der Waals surface area contributed by atoms with Crippen molar-refractivity contribution in [2.24, 2.45) is 0 Å². The van der Waals surface area contributed by atoms with Crippen LogP contribution in [0, 0.1) is 6.92 Å². The van der Waals surface area contributed by atoms with E-state index in [0.29, 0.717) is 0 Å². The number of esters is 1. The molecule has 0 aliphatic carbocycles. The Morgan fingerprint density at radius 1 is 1.37 bits per heavy atom. The van der Waals surface area contributed by atoms with Crippen LogP contribution in [0.15, 0.2) is 36.5 Å². The van der Waals surface area contributed by atoms with E-state index in [1.54, 1.807) is 6.20 Å². The van der Waals surface area contributed by atoms with Gasteiger partial charge in [-0.25, -0.2) is 9.97 Å². The second-order valence-corrected chi connectivity index (χ2v) is 4.00. The first-order chi connectivity index (χ1) is 9.19. The van der Waals surface area contributed by atoms with Gasteiger partial charge in [0.25, 0.3) is 0 Å². The van der Waals surface area contributed by atoms with E-state index < -0.39 is 0 Å². The summed E-state index contributed by atoms with van der Waals surface area (Å²) in [5.41, 5.74) is 2.67. The highest BCUT2D eigenvalue weighted by molar-refractivity contribution is 5.75. The van der Waals surface area contributed by atoms with E-state index in [1.165, 1.54) is 7.11 Å². The third-order valence-electron chi connectivity index (χ3n) is 2.60. The molecule has 19 heavy (non-hydrogen) atoms. The molecule has 98 valence electrons. The summed E-state index contributed by atoms with van der Waals surface area (Å²) in [5, 5.41) is 3.00. The smallest absolute Gasteiger partial charge is 0.325 e. The Hall–Kier alpha value is -2.43. The molecule has 1 N–H and O–H groups in total. The maximum atomic E-state index is 11.1. The molecule has 0 aliphatic rings. The number of rotatable bonds is 4. The topological polar surface area (TPSA) is 64.1 Å². The largest absolute Gasteiger partial charge is 0.468 e. The number of aromatic nitrogens is 2. The first-order valence-electron chi connectivity index (χ1n) is 5.90. The van der Waals surface area contributed by atoms with E-state index in [-0.39, 0.29) is 12.5 Å². The van der Waals surface area contributed by atoms with Crippen LogP contribution in [0.5, 0.6) is 0 Å². The van der Waals surface area contributed by atoms with E-state index in [4.69, 9.17) is 0 Å². The average Bonchev–Trinajstić information content (AvgIpc) is 2.45. The number of hydrogen-bond acceptors (Lipinski definition) is 5. The molecule has 0 unspecified atom stereocenters. The number of anilines is 1. The fourth-order valence-corrected chi connectivity index (χ4v) is 1.65. The molecule has 0 radical (unpaired) electrons. The Morgan fingerprint density at radius 2 is 2.21 bits per heavy atom. The van der Waals surface area contributed by atoms with Crippen LogP contribution >= 0.6 is 0 Å². The Labute approximate surface area is 111 Å². The number of carbonyl (C=O) groups is 1. The lowest BCUT2D eigenvalue weighted by atomic mass is 10.1. The molecule has 0 saturated carbocycles. The molecular weight excluding hydrogens is 242 g/mol. The zero-order chi connectivity index (χ0) is 13.7. The van der Waals surface area contributed by atoms with Crippen LogP contribution in [0.1, 0.15) is 5.82 Å². The molecule has 0 spiro atoms. The predicted octanol–water partition coefficient (Wildman–Crippen LogP) is 2.04. The fourth-order valence-electron chi connectivity index (χ4n) is 1.65. The summed E-state index contributed by atoms with van der Waals surface area (Å²) in [6, 6.07) is 9.55. The molecule has 1 heterocycles. The van der Waals surface area contributed by atoms with Gasteiger partial charge in [0.05, 0.1) is 12.8 Å². The van der Waals surface area contributed by atoms with Crippen LogP contribution in [0.2, 0.25) is 0 Å². The van der Waals surface area contributed by atoms with Crippen molar-refractivity contribution in [3.05, 3.63) is 42.4 Å². The van der Waals surface area contributed by atoms with Crippen LogP contribution in [-0.2, 0) is 9.53 Å². The highest BCUT2D eigenvalue weighted by Gasteiger charge is 2.03. The summed E-state index contributed by atoms with van der Waals surface area (Å²) in [6.07, 6.45) is 1.73. The van der Waals surface area contributed by atoms with Crippen molar-refractivity contribution in [2.75, 3.05) is 19.0 Å². The third kappa shape index (κ3) is 3.51. The molecule has 0 aliphatic heterocycles. The zero-order valence-electron chi connectivity index (χ0n) is 10.9. The number of methoxy groups -OCH3 is 1. The summed E-state index contributed by atoms with van der Waals surface area (Å²) >= 11 is 0. The SMILES string of the molecule is COC(=O)CNc1cccc(-c2ccnc(C)n2)c1. The summed E-state index contributed by atoms with van der Waals surface area (Å²) in [4.78, 5) is 19.5. The van der Waals surface area contributed by atoms with Gasteiger partial charge in [-0.15, -0.1) is 0 Å². The van der Waals surface area contributed by atoms with Gasteiger partial charge in [0.1, 0.15) is 12.4 Å². The molecule has 2 aromatic rings. The van der Waals surface area contributed by atoms with Crippen LogP contribution in [0.3, 0.4) is 0 Å². The van der Waals surface area contributed by atoms with E-state index in [0.717, 1.165) is 22.8 Å². The average molecular weight is 257 g/mol. The highest BCUT2D eigenvalue weighted by Crippen LogP contribution is 2.20. The third-order valence-corrected chi connectivity index (χ3v) is 2.60. The maximum Gasteiger partial charge on any atom is 0.325 e. The Morgan fingerprint density at radius 3 is 2.95 bits per heavy atom. The second kappa shape index (κ2) is 5.95. The minimum atomic E-state index is -0.303. The number of nitrogens with one attached hydrogen (secondary N) is 1. The Bertz CT molecular complexity index is 584. The minimum Gasteiger partial charge on any atom is -0.468 e. The summed E-state index contributed by atoms with van der Waals surface area (Å²) in [7, 11) is 1.37. The predicted molar refractivity (Wildman–Crippen MR) is 72.7 cm³/mol. The first-order valence-corrected chi connectivity index (χ1v) is 5.90. The van der Waals surface area contributed by atoms with Gasteiger partial charge in [-0.05, 0) is 25.1 Å². The van der Waals surface area contributed by atoms with Gasteiger partial charge in [0.2, 0.25) is 0 Å². The molecule has 0 amide bonds. The van der Waals surface area contributed by atoms with Gasteiger partial charge in [0.15, 0.2) is 0 Å². The Kier molecular flexibility index (Phi) is 4.07. The van der Waals surface area contributed by atoms with Crippen molar-refractivity contribution in [2.45, 2.75) is 6.92 Å². The molecule has 1 aromatic carbocycles. The van der Waals surface area contributed by atoms with Gasteiger partial charge in [0, 0.05) is 17.4 Å². The molecule has 0 saturated heterocycles. The number of carbonyl (C=O) groups excluding carboxylic acids is 1. The first kappa shape index (κ1) is 13.0. The van der Waals surface area contributed by atoms with Gasteiger partial charge in [-0.3, -0.25) is 4.79 Å². The maximum absolute atomic E-state index is 11.1. The summed E-state index contributed by atoms with van der Waals surface area (Å²) in [6.45, 7) is 1.99. The molecule has 5 nitrogen and oxygen atoms in total. The van der Waals surface area contributed by atoms with Crippen LogP contribution in [0.4, 0.5) is 5.69 Å². The van der Waals surface area contributed by atoms with Crippen LogP contribution < -0.4 is 5.32 Å². The quantitative estimate of drug-likeness (QED) is 0.849. The summed E-state index contributed by atoms with van der Waals surface area (Å²) < 4.78 is 4.58. The molecule has 0 bridgehead atoms. The van der Waals surface area contributed by atoms with Crippen molar-refractivity contribution in [3.63, 3.8) is 0 Å². The molecule has 1 aromatic heterocycles. The van der Waals surface area contributed by atoms with Crippen LogP contribution in [-0.4, -0.2) is 29.6 Å². The molecule has 2 rings (SSSR count). The van der Waals surface area contributed by atoms with E-state index in [9.17, 15) is 4.79 Å². The molecule has 5 heteroatoms. The lowest BCUT2D eigenvalue weighted by Crippen LogP contribution is -2.14. The number of ether oxygens (including phenoxy) is 1. The molecular formula is C14H15N3O2. The van der Waals surface area contributed by atoms with Crippen molar-refractivity contribution in [3.8, 4) is 11.3 Å². The Balaban J connectivity index is 2.17. The van der Waals surface area contributed by atoms with Crippen LogP contribution in [0.25, 0.3) is 11.3 Å². The fraction of sp³-hybridized carbons (Fsp3) is 0.214. The van der Waals surface area contributed by atoms with Crippen molar-refractivity contribution < 1.29 is 9.53 Å². The second-order valence-electron chi connectivity index (χ2n) is 4.00. The van der Waals surface area contributed by atoms with E-state index in [1.807, 2.05) is 37.3 Å². The van der Waals surface area contributed by atoms with E-state index >= 15 is 0 Å². The number of nitrogens with zero attached hydrogens (tertiary/aromatic N) is 2. The van der Waals surface area contributed by atoms with Gasteiger partial charge < -0.3 is 10.1 Å². The lowest BCUT2D eigenvalue weighted by Gasteiger charge is -2.07. The van der Waals surface area contributed by atoms with Crippen molar-refractivity contribution >= 4 is 11.7 Å².